The van der Waals surface area contributed by atoms with E-state index in [-0.39, 0.29) is 35.2 Å². The monoisotopic (exact) mass is 606 g/mol. The lowest BCUT2D eigenvalue weighted by Gasteiger charge is -2.39. The molecule has 2 aromatic heterocycles. The highest BCUT2D eigenvalue weighted by Gasteiger charge is 2.49. The van der Waals surface area contributed by atoms with Crippen LogP contribution in [0.15, 0.2) is 42.6 Å². The molecule has 0 aliphatic carbocycles. The van der Waals surface area contributed by atoms with Crippen LogP contribution < -0.4 is 20.3 Å². The molecule has 3 amide bonds. The molecule has 4 saturated heterocycles. The zero-order valence-corrected chi connectivity index (χ0v) is 24.6. The summed E-state index contributed by atoms with van der Waals surface area (Å²) in [5, 5.41) is 16.8. The van der Waals surface area contributed by atoms with Crippen molar-refractivity contribution < 1.29 is 18.7 Å². The van der Waals surface area contributed by atoms with Crippen molar-refractivity contribution in [1.29, 1.82) is 5.26 Å². The Bertz CT molecular complexity index is 1930. The van der Waals surface area contributed by atoms with Gasteiger partial charge in [-0.3, -0.25) is 20.0 Å². The van der Waals surface area contributed by atoms with Crippen molar-refractivity contribution in [3.63, 3.8) is 0 Å². The highest BCUT2D eigenvalue weighted by Crippen LogP contribution is 2.40. The number of fused-ring (bicyclic) bond motifs is 3. The molecule has 45 heavy (non-hydrogen) atoms. The molecule has 0 bridgehead atoms. The molecule has 0 saturated carbocycles. The number of carbonyl (C=O) groups excluding carboxylic acids is 2. The summed E-state index contributed by atoms with van der Waals surface area (Å²) in [5.74, 6) is -0.644. The van der Waals surface area contributed by atoms with Gasteiger partial charge in [0.2, 0.25) is 0 Å². The molecule has 12 heteroatoms. The van der Waals surface area contributed by atoms with Gasteiger partial charge in [0.05, 0.1) is 29.1 Å². The van der Waals surface area contributed by atoms with E-state index in [9.17, 15) is 14.9 Å². The first-order valence-electron chi connectivity index (χ1n) is 15.4. The molecule has 1 atom stereocenters. The van der Waals surface area contributed by atoms with Gasteiger partial charge in [-0.25, -0.2) is 9.18 Å². The Kier molecular flexibility index (Phi) is 6.35. The van der Waals surface area contributed by atoms with E-state index >= 15 is 4.39 Å². The van der Waals surface area contributed by atoms with Crippen molar-refractivity contribution in [2.45, 2.75) is 49.6 Å². The lowest BCUT2D eigenvalue weighted by Crippen LogP contribution is -2.58. The van der Waals surface area contributed by atoms with Gasteiger partial charge in [0, 0.05) is 23.7 Å². The first-order valence-corrected chi connectivity index (χ1v) is 15.4. The van der Waals surface area contributed by atoms with Gasteiger partial charge in [0.15, 0.2) is 5.82 Å². The summed E-state index contributed by atoms with van der Waals surface area (Å²) in [6.07, 6.45) is 6.90. The smallest absolute Gasteiger partial charge is 0.322 e. The molecule has 4 aromatic rings. The molecule has 4 aliphatic heterocycles. The lowest BCUT2D eigenvalue weighted by atomic mass is 9.89. The minimum absolute atomic E-state index is 0.0400. The minimum atomic E-state index is -1.11. The van der Waals surface area contributed by atoms with Gasteiger partial charge in [0.25, 0.3) is 5.91 Å². The van der Waals surface area contributed by atoms with E-state index < -0.39 is 17.4 Å². The lowest BCUT2D eigenvalue weighted by molar-refractivity contribution is -0.124. The number of nitrogens with one attached hydrogen (secondary N) is 2. The summed E-state index contributed by atoms with van der Waals surface area (Å²) in [4.78, 5) is 43.3. The number of imide groups is 1. The second kappa shape index (κ2) is 10.3. The van der Waals surface area contributed by atoms with Crippen molar-refractivity contribution in [3.8, 4) is 23.3 Å². The van der Waals surface area contributed by atoms with E-state index in [0.717, 1.165) is 44.2 Å². The zero-order valence-electron chi connectivity index (χ0n) is 24.6. The fourth-order valence-corrected chi connectivity index (χ4v) is 7.86. The van der Waals surface area contributed by atoms with E-state index in [1.807, 2.05) is 23.1 Å². The minimum Gasteiger partial charge on any atom is -0.461 e. The third-order valence-corrected chi connectivity index (χ3v) is 10.0. The van der Waals surface area contributed by atoms with Crippen molar-refractivity contribution in [1.82, 2.24) is 30.5 Å². The number of hydrogen-bond acceptors (Lipinski definition) is 9. The van der Waals surface area contributed by atoms with E-state index in [2.05, 4.69) is 31.6 Å². The van der Waals surface area contributed by atoms with Crippen LogP contribution in [-0.4, -0.2) is 75.7 Å². The van der Waals surface area contributed by atoms with Gasteiger partial charge >= 0.3 is 12.0 Å². The molecule has 228 valence electrons. The predicted octanol–water partition coefficient (Wildman–Crippen LogP) is 4.04. The Morgan fingerprint density at radius 1 is 1.02 bits per heavy atom. The highest BCUT2D eigenvalue weighted by molar-refractivity contribution is 6.08. The van der Waals surface area contributed by atoms with Gasteiger partial charge in [-0.2, -0.15) is 15.2 Å². The number of carbonyl (C=O) groups is 2. The van der Waals surface area contributed by atoms with Crippen molar-refractivity contribution in [2.24, 2.45) is 0 Å². The molecule has 8 rings (SSSR count). The summed E-state index contributed by atoms with van der Waals surface area (Å²) in [6, 6.07) is 12.6. The molecular formula is C33H31FN8O3. The Labute approximate surface area is 258 Å². The molecule has 2 aromatic carbocycles. The molecule has 0 radical (unpaired) electrons. The summed E-state index contributed by atoms with van der Waals surface area (Å²) >= 11 is 0. The van der Waals surface area contributed by atoms with Crippen LogP contribution in [0.25, 0.3) is 32.9 Å². The number of aromatic nitrogens is 3. The largest absolute Gasteiger partial charge is 0.461 e. The fourth-order valence-electron chi connectivity index (χ4n) is 7.86. The number of benzene rings is 2. The third kappa shape index (κ3) is 4.36. The number of urea groups is 1. The number of halogens is 1. The summed E-state index contributed by atoms with van der Waals surface area (Å²) in [6.45, 7) is 3.17. The van der Waals surface area contributed by atoms with Crippen LogP contribution in [-0.2, 0) is 4.79 Å². The molecule has 6 heterocycles. The first-order chi connectivity index (χ1) is 21.9. The molecule has 4 fully saturated rings. The average Bonchev–Trinajstić information content (AvgIpc) is 3.71. The summed E-state index contributed by atoms with van der Waals surface area (Å²) in [5.41, 5.74) is -0.162. The van der Waals surface area contributed by atoms with E-state index in [4.69, 9.17) is 9.72 Å². The number of amides is 3. The third-order valence-electron chi connectivity index (χ3n) is 10.0. The van der Waals surface area contributed by atoms with Gasteiger partial charge < -0.3 is 15.0 Å². The van der Waals surface area contributed by atoms with Gasteiger partial charge in [-0.1, -0.05) is 30.3 Å². The van der Waals surface area contributed by atoms with Gasteiger partial charge in [0.1, 0.15) is 29.2 Å². The van der Waals surface area contributed by atoms with Crippen molar-refractivity contribution in [2.75, 3.05) is 37.7 Å². The maximum absolute atomic E-state index is 16.8. The van der Waals surface area contributed by atoms with Gasteiger partial charge in [-0.15, -0.1) is 0 Å². The number of ether oxygens (including phenoxy) is 1. The number of anilines is 1. The van der Waals surface area contributed by atoms with E-state index in [1.54, 1.807) is 24.4 Å². The topological polar surface area (TPSA) is 136 Å². The Balaban J connectivity index is 1.26. The Morgan fingerprint density at radius 3 is 2.56 bits per heavy atom. The number of pyridine rings is 1. The Morgan fingerprint density at radius 2 is 1.80 bits per heavy atom. The molecule has 1 unspecified atom stereocenters. The van der Waals surface area contributed by atoms with E-state index in [0.29, 0.717) is 53.7 Å². The van der Waals surface area contributed by atoms with Crippen LogP contribution in [0.5, 0.6) is 6.01 Å². The SMILES string of the molecule is N#Cc1cccc2cccc(-c3ncc4c(N5CCCC6(C5)NC(=O)NC6=O)nc(OCC56CCCN5CCC6)nc4c3F)c12. The van der Waals surface area contributed by atoms with Crippen molar-refractivity contribution >= 4 is 39.4 Å². The first kappa shape index (κ1) is 27.6. The number of nitrogens with zero attached hydrogens (tertiary/aromatic N) is 6. The predicted molar refractivity (Wildman–Crippen MR) is 164 cm³/mol. The number of rotatable bonds is 5. The van der Waals surface area contributed by atoms with Crippen LogP contribution >= 0.6 is 0 Å². The maximum atomic E-state index is 16.8. The van der Waals surface area contributed by atoms with Crippen LogP contribution in [0.1, 0.15) is 44.1 Å². The number of nitriles is 1. The average molecular weight is 607 g/mol. The Hall–Kier alpha value is -4.89. The number of piperidine rings is 1. The zero-order chi connectivity index (χ0) is 30.8. The number of hydrogen-bond donors (Lipinski definition) is 2. The molecule has 2 N–H and O–H groups in total. The molecule has 4 aliphatic rings. The van der Waals surface area contributed by atoms with Gasteiger partial charge in [-0.05, 0) is 63.1 Å². The molecule has 1 spiro atoms. The summed E-state index contributed by atoms with van der Waals surface area (Å²) < 4.78 is 23.1. The van der Waals surface area contributed by atoms with Crippen molar-refractivity contribution in [3.05, 3.63) is 54.0 Å². The molecule has 11 nitrogen and oxygen atoms in total. The second-order valence-corrected chi connectivity index (χ2v) is 12.6. The maximum Gasteiger partial charge on any atom is 0.322 e. The van der Waals surface area contributed by atoms with Crippen LogP contribution in [0.4, 0.5) is 15.0 Å². The van der Waals surface area contributed by atoms with Crippen LogP contribution in [0.3, 0.4) is 0 Å². The highest BCUT2D eigenvalue weighted by atomic mass is 19.1. The standard InChI is InChI=1S/C33H31FN8O3/c34-25-26(22-9-2-7-20-6-1-8-21(16-35)24(20)22)36-17-23-27(25)37-31(45-19-32-10-3-14-42(32)15-4-11-32)38-28(23)41-13-5-12-33(18-41)29(43)39-30(44)40-33/h1-2,6-9,17H,3-5,10-15,18-19H2,(H2,39,40,43,44). The van der Waals surface area contributed by atoms with Crippen LogP contribution in [0, 0.1) is 17.1 Å². The fraction of sp³-hybridized carbons (Fsp3) is 0.394. The quantitative estimate of drug-likeness (QED) is 0.323. The molecular weight excluding hydrogens is 575 g/mol. The summed E-state index contributed by atoms with van der Waals surface area (Å²) in [7, 11) is 0. The normalized spacial score (nSPS) is 22.5. The second-order valence-electron chi connectivity index (χ2n) is 12.6. The van der Waals surface area contributed by atoms with Crippen LogP contribution in [0.2, 0.25) is 0 Å². The van der Waals surface area contributed by atoms with E-state index in [1.165, 1.54) is 0 Å².